The van der Waals surface area contributed by atoms with Crippen molar-refractivity contribution in [3.05, 3.63) is 48.3 Å². The van der Waals surface area contributed by atoms with E-state index in [1.54, 1.807) is 32.4 Å². The van der Waals surface area contributed by atoms with Gasteiger partial charge in [0.05, 0.1) is 24.8 Å². The lowest BCUT2D eigenvalue weighted by molar-refractivity contribution is -0.116. The van der Waals surface area contributed by atoms with Crippen molar-refractivity contribution in [3.8, 4) is 11.5 Å². The summed E-state index contributed by atoms with van der Waals surface area (Å²) in [5.74, 6) is 2.52. The van der Waals surface area contributed by atoms with E-state index in [1.165, 1.54) is 0 Å². The summed E-state index contributed by atoms with van der Waals surface area (Å²) in [6.07, 6.45) is 2.26. The summed E-state index contributed by atoms with van der Waals surface area (Å²) in [6.45, 7) is 1.09. The maximum Gasteiger partial charge on any atom is 0.244 e. The Morgan fingerprint density at radius 1 is 1.14 bits per heavy atom. The van der Waals surface area contributed by atoms with Gasteiger partial charge in [-0.15, -0.1) is 0 Å². The number of hydrogen-bond donors (Lipinski definition) is 1. The van der Waals surface area contributed by atoms with Crippen molar-refractivity contribution in [1.29, 1.82) is 0 Å². The highest BCUT2D eigenvalue weighted by atomic mass is 16.5. The Hall–Kier alpha value is -3.06. The number of amides is 1. The molecule has 3 aromatic rings. The van der Waals surface area contributed by atoms with E-state index in [-0.39, 0.29) is 12.5 Å². The molecule has 0 radical (unpaired) electrons. The topological polar surface area (TPSA) is 74.6 Å². The van der Waals surface area contributed by atoms with Gasteiger partial charge in [-0.2, -0.15) is 0 Å². The third kappa shape index (κ3) is 4.35. The van der Waals surface area contributed by atoms with Crippen LogP contribution in [0.2, 0.25) is 0 Å². The minimum absolute atomic E-state index is 0.108. The van der Waals surface area contributed by atoms with Crippen molar-refractivity contribution in [3.63, 3.8) is 0 Å². The van der Waals surface area contributed by atoms with Crippen LogP contribution in [0.1, 0.15) is 24.6 Å². The first-order valence-corrected chi connectivity index (χ1v) is 9.74. The number of nitrogens with zero attached hydrogens (tertiary/aromatic N) is 2. The van der Waals surface area contributed by atoms with E-state index in [0.717, 1.165) is 29.7 Å². The van der Waals surface area contributed by atoms with Crippen molar-refractivity contribution in [2.75, 3.05) is 32.8 Å². The van der Waals surface area contributed by atoms with Gasteiger partial charge < -0.3 is 24.1 Å². The Kier molecular flexibility index (Phi) is 5.67. The fraction of sp³-hybridized carbons (Fsp3) is 0.364. The third-order valence-electron chi connectivity index (χ3n) is 4.92. The Labute approximate surface area is 169 Å². The largest absolute Gasteiger partial charge is 0.493 e. The molecule has 152 valence electrons. The number of carbonyl (C=O) groups is 1. The van der Waals surface area contributed by atoms with Gasteiger partial charge in [0.25, 0.3) is 0 Å². The summed E-state index contributed by atoms with van der Waals surface area (Å²) in [6, 6.07) is 13.3. The van der Waals surface area contributed by atoms with Gasteiger partial charge in [0.2, 0.25) is 5.91 Å². The van der Waals surface area contributed by atoms with Gasteiger partial charge >= 0.3 is 0 Å². The minimum Gasteiger partial charge on any atom is -0.493 e. The molecule has 0 atom stereocenters. The van der Waals surface area contributed by atoms with Gasteiger partial charge in [0.1, 0.15) is 19.0 Å². The molecule has 0 saturated heterocycles. The number of methoxy groups -OCH3 is 2. The smallest absolute Gasteiger partial charge is 0.244 e. The van der Waals surface area contributed by atoms with Gasteiger partial charge in [-0.05, 0) is 37.1 Å². The number of fused-ring (bicyclic) bond motifs is 1. The minimum atomic E-state index is -0.108. The molecule has 1 aliphatic rings. The second-order valence-electron chi connectivity index (χ2n) is 7.07. The molecular weight excluding hydrogens is 370 g/mol. The normalized spacial score (nSPS) is 13.4. The second kappa shape index (κ2) is 8.53. The number of aromatic nitrogens is 2. The van der Waals surface area contributed by atoms with E-state index in [2.05, 4.69) is 5.32 Å². The van der Waals surface area contributed by atoms with Crippen molar-refractivity contribution >= 4 is 22.6 Å². The number of carbonyl (C=O) groups excluding carboxylic acids is 1. The average Bonchev–Trinajstić information content (AvgIpc) is 3.51. The monoisotopic (exact) mass is 395 g/mol. The first-order valence-electron chi connectivity index (χ1n) is 9.74. The molecule has 4 rings (SSSR count). The quantitative estimate of drug-likeness (QED) is 0.561. The lowest BCUT2D eigenvalue weighted by Gasteiger charge is -2.13. The number of rotatable bonds is 9. The first-order chi connectivity index (χ1) is 14.2. The predicted octanol–water partition coefficient (Wildman–Crippen LogP) is 3.59. The Bertz CT molecular complexity index is 1010. The van der Waals surface area contributed by atoms with Crippen LogP contribution in [0.5, 0.6) is 11.5 Å². The number of para-hydroxylation sites is 2. The molecule has 0 unspecified atom stereocenters. The average molecular weight is 395 g/mol. The van der Waals surface area contributed by atoms with Crippen LogP contribution in [0.15, 0.2) is 42.5 Å². The highest BCUT2D eigenvalue weighted by molar-refractivity contribution is 5.92. The van der Waals surface area contributed by atoms with Crippen molar-refractivity contribution in [1.82, 2.24) is 9.55 Å². The number of hydrogen-bond acceptors (Lipinski definition) is 5. The van der Waals surface area contributed by atoms with Crippen LogP contribution < -0.4 is 14.8 Å². The van der Waals surface area contributed by atoms with E-state index in [1.807, 2.05) is 28.8 Å². The molecule has 0 spiro atoms. The molecule has 1 aliphatic carbocycles. The van der Waals surface area contributed by atoms with E-state index in [0.29, 0.717) is 36.3 Å². The summed E-state index contributed by atoms with van der Waals surface area (Å²) >= 11 is 0. The molecule has 1 aromatic heterocycles. The summed E-state index contributed by atoms with van der Waals surface area (Å²) < 4.78 is 18.1. The van der Waals surface area contributed by atoms with Gasteiger partial charge in [-0.3, -0.25) is 4.79 Å². The molecule has 1 N–H and O–H groups in total. The van der Waals surface area contributed by atoms with Crippen LogP contribution in [-0.2, 0) is 16.1 Å². The van der Waals surface area contributed by atoms with Crippen molar-refractivity contribution in [2.45, 2.75) is 25.3 Å². The zero-order valence-electron chi connectivity index (χ0n) is 16.7. The summed E-state index contributed by atoms with van der Waals surface area (Å²) in [5, 5.41) is 2.96. The van der Waals surface area contributed by atoms with Crippen LogP contribution in [0.3, 0.4) is 0 Å². The molecule has 1 amide bonds. The standard InChI is InChI=1S/C22H25N3O4/c1-27-11-12-29-20-13-16(9-10-19(20)28-2)23-21(26)14-25-18-6-4-3-5-17(18)24-22(25)15-7-8-15/h3-6,9-10,13,15H,7-8,11-12,14H2,1-2H3,(H,23,26). The Morgan fingerprint density at radius 3 is 2.72 bits per heavy atom. The lowest BCUT2D eigenvalue weighted by Crippen LogP contribution is -2.20. The molecule has 7 nitrogen and oxygen atoms in total. The maximum atomic E-state index is 12.8. The molecule has 2 aromatic carbocycles. The van der Waals surface area contributed by atoms with Crippen LogP contribution in [0.25, 0.3) is 11.0 Å². The molecule has 0 bridgehead atoms. The fourth-order valence-electron chi connectivity index (χ4n) is 3.36. The second-order valence-corrected chi connectivity index (χ2v) is 7.07. The highest BCUT2D eigenvalue weighted by Crippen LogP contribution is 2.40. The van der Waals surface area contributed by atoms with E-state index < -0.39 is 0 Å². The van der Waals surface area contributed by atoms with E-state index >= 15 is 0 Å². The molecule has 1 heterocycles. The third-order valence-corrected chi connectivity index (χ3v) is 4.92. The number of imidazole rings is 1. The zero-order chi connectivity index (χ0) is 20.2. The maximum absolute atomic E-state index is 12.8. The summed E-state index contributed by atoms with van der Waals surface area (Å²) in [4.78, 5) is 17.5. The number of nitrogens with one attached hydrogen (secondary N) is 1. The SMILES string of the molecule is COCCOc1cc(NC(=O)Cn2c(C3CC3)nc3ccccc32)ccc1OC. The van der Waals surface area contributed by atoms with Crippen molar-refractivity contribution < 1.29 is 19.0 Å². The van der Waals surface area contributed by atoms with Gasteiger partial charge in [0.15, 0.2) is 11.5 Å². The van der Waals surface area contributed by atoms with E-state index in [4.69, 9.17) is 19.2 Å². The van der Waals surface area contributed by atoms with Gasteiger partial charge in [-0.1, -0.05) is 12.1 Å². The van der Waals surface area contributed by atoms with Crippen LogP contribution in [-0.4, -0.2) is 42.9 Å². The summed E-state index contributed by atoms with van der Waals surface area (Å²) in [7, 11) is 3.20. The molecule has 7 heteroatoms. The van der Waals surface area contributed by atoms with Gasteiger partial charge in [0, 0.05) is 24.8 Å². The Morgan fingerprint density at radius 2 is 1.97 bits per heavy atom. The first kappa shape index (κ1) is 19.3. The van der Waals surface area contributed by atoms with Crippen LogP contribution in [0, 0.1) is 0 Å². The lowest BCUT2D eigenvalue weighted by atomic mass is 10.2. The molecule has 1 saturated carbocycles. The highest BCUT2D eigenvalue weighted by Gasteiger charge is 2.30. The van der Waals surface area contributed by atoms with Crippen LogP contribution >= 0.6 is 0 Å². The number of benzene rings is 2. The molecule has 0 aliphatic heterocycles. The molecular formula is C22H25N3O4. The number of anilines is 1. The van der Waals surface area contributed by atoms with Crippen molar-refractivity contribution in [2.24, 2.45) is 0 Å². The fourth-order valence-corrected chi connectivity index (χ4v) is 3.36. The summed E-state index contributed by atoms with van der Waals surface area (Å²) in [5.41, 5.74) is 2.57. The Balaban J connectivity index is 1.51. The van der Waals surface area contributed by atoms with Gasteiger partial charge in [-0.25, -0.2) is 4.98 Å². The predicted molar refractivity (Wildman–Crippen MR) is 111 cm³/mol. The molecule has 29 heavy (non-hydrogen) atoms. The molecule has 1 fully saturated rings. The van der Waals surface area contributed by atoms with Crippen LogP contribution in [0.4, 0.5) is 5.69 Å². The number of ether oxygens (including phenoxy) is 3. The zero-order valence-corrected chi connectivity index (χ0v) is 16.7. The van der Waals surface area contributed by atoms with E-state index in [9.17, 15) is 4.79 Å².